The van der Waals surface area contributed by atoms with Crippen molar-refractivity contribution in [3.05, 3.63) is 18.2 Å². The van der Waals surface area contributed by atoms with E-state index in [1.807, 2.05) is 0 Å². The fraction of sp³-hybridized carbons (Fsp3) is 0.500. The summed E-state index contributed by atoms with van der Waals surface area (Å²) in [4.78, 5) is 13.6. The van der Waals surface area contributed by atoms with E-state index in [1.165, 1.54) is 0 Å². The molecule has 1 N–H and O–H groups in total. The van der Waals surface area contributed by atoms with Crippen LogP contribution in [0.1, 0.15) is 0 Å². The lowest BCUT2D eigenvalue weighted by Crippen LogP contribution is -2.40. The molecule has 1 aromatic rings. The lowest BCUT2D eigenvalue weighted by Gasteiger charge is -2.21. The molecule has 0 saturated carbocycles. The third-order valence-corrected chi connectivity index (χ3v) is 3.31. The molecule has 0 unspecified atom stereocenters. The van der Waals surface area contributed by atoms with E-state index >= 15 is 0 Å². The van der Waals surface area contributed by atoms with Crippen molar-refractivity contribution in [3.63, 3.8) is 0 Å². The summed E-state index contributed by atoms with van der Waals surface area (Å²) in [5.74, 6) is 1.64. The van der Waals surface area contributed by atoms with Crippen LogP contribution in [0.3, 0.4) is 0 Å². The van der Waals surface area contributed by atoms with Gasteiger partial charge in [0.05, 0.1) is 19.3 Å². The van der Waals surface area contributed by atoms with Gasteiger partial charge in [0.15, 0.2) is 18.1 Å². The van der Waals surface area contributed by atoms with Gasteiger partial charge in [0.2, 0.25) is 6.79 Å². The maximum Gasteiger partial charge on any atom is 0.260 e. The van der Waals surface area contributed by atoms with Crippen molar-refractivity contribution in [2.75, 3.05) is 39.7 Å². The normalized spacial score (nSPS) is 21.0. The molecule has 1 saturated heterocycles. The Morgan fingerprint density at radius 2 is 2.24 bits per heavy atom. The number of carbonyl (C=O) groups excluding carboxylic acids is 1. The lowest BCUT2D eigenvalue weighted by atomic mass is 10.3. The Kier molecular flexibility index (Phi) is 4.12. The summed E-state index contributed by atoms with van der Waals surface area (Å²) in [6, 6.07) is 5.16. The van der Waals surface area contributed by atoms with E-state index in [0.29, 0.717) is 30.4 Å². The smallest absolute Gasteiger partial charge is 0.260 e. The van der Waals surface area contributed by atoms with Gasteiger partial charge in [-0.15, -0.1) is 0 Å². The molecule has 0 spiro atoms. The molecule has 0 radical (unpaired) electrons. The predicted octanol–water partition coefficient (Wildman–Crippen LogP) is 0.0138. The second-order valence-corrected chi connectivity index (χ2v) is 4.87. The van der Waals surface area contributed by atoms with Crippen molar-refractivity contribution < 1.29 is 28.8 Å². The quantitative estimate of drug-likeness (QED) is 0.846. The summed E-state index contributed by atoms with van der Waals surface area (Å²) in [6.07, 6.45) is -0.651. The van der Waals surface area contributed by atoms with Crippen molar-refractivity contribution in [3.8, 4) is 17.2 Å². The van der Waals surface area contributed by atoms with Gasteiger partial charge in [-0.2, -0.15) is 0 Å². The Bertz CT molecular complexity index is 520. The molecular weight excluding hydrogens is 278 g/mol. The van der Waals surface area contributed by atoms with Crippen LogP contribution in [-0.2, 0) is 9.53 Å². The molecule has 2 aliphatic rings. The third-order valence-electron chi connectivity index (χ3n) is 3.31. The summed E-state index contributed by atoms with van der Waals surface area (Å²) in [5.41, 5.74) is 0. The maximum absolute atomic E-state index is 12.1. The molecule has 1 aromatic carbocycles. The van der Waals surface area contributed by atoms with Crippen LogP contribution in [0, 0.1) is 0 Å². The maximum atomic E-state index is 12.1. The first-order chi connectivity index (χ1) is 10.2. The molecule has 21 heavy (non-hydrogen) atoms. The van der Waals surface area contributed by atoms with Crippen molar-refractivity contribution in [2.24, 2.45) is 0 Å². The van der Waals surface area contributed by atoms with E-state index in [9.17, 15) is 9.90 Å². The second-order valence-electron chi connectivity index (χ2n) is 4.87. The first-order valence-corrected chi connectivity index (χ1v) is 6.78. The molecule has 7 heteroatoms. The van der Waals surface area contributed by atoms with Crippen LogP contribution in [-0.4, -0.2) is 61.7 Å². The van der Waals surface area contributed by atoms with Gasteiger partial charge >= 0.3 is 0 Å². The number of carbonyl (C=O) groups is 1. The molecule has 1 atom stereocenters. The molecule has 114 valence electrons. The number of nitrogens with zero attached hydrogens (tertiary/aromatic N) is 1. The molecule has 0 aromatic heterocycles. The fourth-order valence-electron chi connectivity index (χ4n) is 2.22. The average Bonchev–Trinajstić information content (AvgIpc) is 2.84. The number of β-amino-alcohol motifs (C(OH)–C–C–N with tert-alkyl or cyclic N) is 1. The number of hydrogen-bond donors (Lipinski definition) is 1. The monoisotopic (exact) mass is 295 g/mol. The zero-order chi connectivity index (χ0) is 14.7. The number of ether oxygens (including phenoxy) is 4. The second kappa shape index (κ2) is 6.19. The van der Waals surface area contributed by atoms with Crippen LogP contribution >= 0.6 is 0 Å². The van der Waals surface area contributed by atoms with Gasteiger partial charge in [-0.3, -0.25) is 4.79 Å². The van der Waals surface area contributed by atoms with E-state index in [0.717, 1.165) is 0 Å². The number of amides is 1. The van der Waals surface area contributed by atoms with Crippen molar-refractivity contribution >= 4 is 5.91 Å². The Balaban J connectivity index is 1.55. The first-order valence-electron chi connectivity index (χ1n) is 6.78. The fourth-order valence-corrected chi connectivity index (χ4v) is 2.22. The Hall–Kier alpha value is -1.99. The number of hydrogen-bond acceptors (Lipinski definition) is 6. The zero-order valence-electron chi connectivity index (χ0n) is 11.5. The number of benzene rings is 1. The summed E-state index contributed by atoms with van der Waals surface area (Å²) < 4.78 is 21.1. The first kappa shape index (κ1) is 14.0. The summed E-state index contributed by atoms with van der Waals surface area (Å²) in [5, 5.41) is 9.61. The Morgan fingerprint density at radius 1 is 1.38 bits per heavy atom. The minimum atomic E-state index is -0.651. The Labute approximate surface area is 122 Å². The van der Waals surface area contributed by atoms with Gasteiger partial charge in [0.25, 0.3) is 5.91 Å². The van der Waals surface area contributed by atoms with Crippen molar-refractivity contribution in [1.82, 2.24) is 4.90 Å². The molecule has 3 rings (SSSR count). The summed E-state index contributed by atoms with van der Waals surface area (Å²) in [7, 11) is 0. The van der Waals surface area contributed by atoms with E-state index in [4.69, 9.17) is 18.9 Å². The summed E-state index contributed by atoms with van der Waals surface area (Å²) in [6.45, 7) is 1.51. The largest absolute Gasteiger partial charge is 0.484 e. The SMILES string of the molecule is O=C(COc1ccc2c(c1)OCO2)N1CCOC[C@H](O)C1. The molecule has 2 aliphatic heterocycles. The number of aliphatic hydroxyl groups is 1. The van der Waals surface area contributed by atoms with E-state index < -0.39 is 6.10 Å². The highest BCUT2D eigenvalue weighted by molar-refractivity contribution is 5.77. The van der Waals surface area contributed by atoms with Crippen LogP contribution in [0.5, 0.6) is 17.2 Å². The van der Waals surface area contributed by atoms with Gasteiger partial charge in [-0.1, -0.05) is 0 Å². The highest BCUT2D eigenvalue weighted by Gasteiger charge is 2.21. The highest BCUT2D eigenvalue weighted by Crippen LogP contribution is 2.35. The standard InChI is InChI=1S/C14H17NO6/c16-10-6-15(3-4-18-7-10)14(17)8-19-11-1-2-12-13(5-11)21-9-20-12/h1-2,5,10,16H,3-4,6-9H2/t10-/m1/s1. The van der Waals surface area contributed by atoms with E-state index in [2.05, 4.69) is 0 Å². The van der Waals surface area contributed by atoms with Crippen molar-refractivity contribution in [1.29, 1.82) is 0 Å². The van der Waals surface area contributed by atoms with Crippen LogP contribution < -0.4 is 14.2 Å². The van der Waals surface area contributed by atoms with Crippen LogP contribution in [0.2, 0.25) is 0 Å². The Morgan fingerprint density at radius 3 is 3.14 bits per heavy atom. The van der Waals surface area contributed by atoms with Crippen LogP contribution in [0.4, 0.5) is 0 Å². The average molecular weight is 295 g/mol. The minimum absolute atomic E-state index is 0.0909. The highest BCUT2D eigenvalue weighted by atomic mass is 16.7. The molecule has 0 aliphatic carbocycles. The van der Waals surface area contributed by atoms with Gasteiger partial charge in [-0.05, 0) is 12.1 Å². The number of fused-ring (bicyclic) bond motifs is 1. The molecule has 1 amide bonds. The number of rotatable bonds is 3. The van der Waals surface area contributed by atoms with Gasteiger partial charge in [-0.25, -0.2) is 0 Å². The molecule has 0 bridgehead atoms. The summed E-state index contributed by atoms with van der Waals surface area (Å²) >= 11 is 0. The number of aliphatic hydroxyl groups excluding tert-OH is 1. The molecule has 2 heterocycles. The molecular formula is C14H17NO6. The predicted molar refractivity (Wildman–Crippen MR) is 71.5 cm³/mol. The zero-order valence-corrected chi connectivity index (χ0v) is 11.5. The van der Waals surface area contributed by atoms with Gasteiger partial charge < -0.3 is 29.0 Å². The third kappa shape index (κ3) is 3.37. The van der Waals surface area contributed by atoms with E-state index in [1.54, 1.807) is 23.1 Å². The lowest BCUT2D eigenvalue weighted by molar-refractivity contribution is -0.134. The molecule has 7 nitrogen and oxygen atoms in total. The topological polar surface area (TPSA) is 77.5 Å². The van der Waals surface area contributed by atoms with Gasteiger partial charge in [0, 0.05) is 19.2 Å². The molecule has 1 fully saturated rings. The van der Waals surface area contributed by atoms with Crippen LogP contribution in [0.15, 0.2) is 18.2 Å². The van der Waals surface area contributed by atoms with Crippen LogP contribution in [0.25, 0.3) is 0 Å². The minimum Gasteiger partial charge on any atom is -0.484 e. The van der Waals surface area contributed by atoms with Gasteiger partial charge in [0.1, 0.15) is 5.75 Å². The van der Waals surface area contributed by atoms with E-state index in [-0.39, 0.29) is 32.5 Å². The van der Waals surface area contributed by atoms with Crippen molar-refractivity contribution in [2.45, 2.75) is 6.10 Å².